The molecule has 0 spiro atoms. The Hall–Kier alpha value is -0.0800. The average molecular weight is 183 g/mol. The molecule has 0 unspecified atom stereocenters. The van der Waals surface area contributed by atoms with Gasteiger partial charge in [-0.3, -0.25) is 7.05 Å². The molecule has 13 heavy (non-hydrogen) atoms. The summed E-state index contributed by atoms with van der Waals surface area (Å²) in [4.78, 5) is 4.72. The monoisotopic (exact) mass is 183 g/mol. The summed E-state index contributed by atoms with van der Waals surface area (Å²) in [7, 11) is 3.97. The second-order valence-electron chi connectivity index (χ2n) is 4.05. The standard InChI is InChI=1S/C11H23N2/c1-4-13(5-2)10-11-6-8-12(3)9-7-11/h11H,3-10H2,1-2H3/q-1. The van der Waals surface area contributed by atoms with Crippen LogP contribution in [0.5, 0.6) is 0 Å². The maximum atomic E-state index is 3.97. The first kappa shape index (κ1) is 11.0. The number of likely N-dealkylation sites (tertiary alicyclic amines) is 1. The van der Waals surface area contributed by atoms with Crippen molar-refractivity contribution in [3.05, 3.63) is 7.05 Å². The summed E-state index contributed by atoms with van der Waals surface area (Å²) in [6, 6.07) is 0. The summed E-state index contributed by atoms with van der Waals surface area (Å²) in [5.74, 6) is 0.915. The van der Waals surface area contributed by atoms with Crippen molar-refractivity contribution in [3.8, 4) is 0 Å². The fraction of sp³-hybridized carbons (Fsp3) is 0.909. The smallest absolute Gasteiger partial charge is 0.00103 e. The van der Waals surface area contributed by atoms with E-state index in [4.69, 9.17) is 0 Å². The van der Waals surface area contributed by atoms with Crippen LogP contribution in [0.25, 0.3) is 0 Å². The van der Waals surface area contributed by atoms with Gasteiger partial charge in [0.25, 0.3) is 0 Å². The molecular formula is C11H23N2-. The summed E-state index contributed by atoms with van der Waals surface area (Å²) in [5, 5.41) is 0. The number of piperidine rings is 1. The van der Waals surface area contributed by atoms with Crippen LogP contribution in [0.2, 0.25) is 0 Å². The molecule has 0 aromatic heterocycles. The quantitative estimate of drug-likeness (QED) is 0.614. The molecule has 2 nitrogen and oxygen atoms in total. The molecule has 0 bridgehead atoms. The highest BCUT2D eigenvalue weighted by Gasteiger charge is 2.15. The van der Waals surface area contributed by atoms with Crippen LogP contribution in [0.1, 0.15) is 26.7 Å². The van der Waals surface area contributed by atoms with Crippen molar-refractivity contribution in [2.75, 3.05) is 32.7 Å². The van der Waals surface area contributed by atoms with Gasteiger partial charge in [0, 0.05) is 6.54 Å². The van der Waals surface area contributed by atoms with Crippen molar-refractivity contribution in [1.29, 1.82) is 0 Å². The number of hydrogen-bond donors (Lipinski definition) is 0. The minimum atomic E-state index is 0.915. The Bertz CT molecular complexity index is 124. The van der Waals surface area contributed by atoms with Crippen molar-refractivity contribution >= 4 is 0 Å². The molecule has 1 heterocycles. The summed E-state index contributed by atoms with van der Waals surface area (Å²) in [5.41, 5.74) is 0. The van der Waals surface area contributed by atoms with Crippen LogP contribution < -0.4 is 0 Å². The van der Waals surface area contributed by atoms with Crippen LogP contribution in [-0.4, -0.2) is 42.5 Å². The molecule has 1 aliphatic rings. The van der Waals surface area contributed by atoms with Gasteiger partial charge in [-0.1, -0.05) is 13.8 Å². The fourth-order valence-electron chi connectivity index (χ4n) is 2.02. The van der Waals surface area contributed by atoms with Gasteiger partial charge in [0.05, 0.1) is 0 Å². The molecule has 0 amide bonds. The normalized spacial score (nSPS) is 21.2. The Kier molecular flexibility index (Phi) is 4.74. The maximum Gasteiger partial charge on any atom is 0.00103 e. The van der Waals surface area contributed by atoms with Gasteiger partial charge in [-0.15, -0.1) is 0 Å². The van der Waals surface area contributed by atoms with Crippen LogP contribution in [0, 0.1) is 13.0 Å². The third kappa shape index (κ3) is 3.65. The highest BCUT2D eigenvalue weighted by atomic mass is 15.1. The summed E-state index contributed by atoms with van der Waals surface area (Å²) >= 11 is 0. The van der Waals surface area contributed by atoms with Crippen molar-refractivity contribution < 1.29 is 0 Å². The highest BCUT2D eigenvalue weighted by Crippen LogP contribution is 2.17. The van der Waals surface area contributed by atoms with E-state index in [9.17, 15) is 0 Å². The van der Waals surface area contributed by atoms with Crippen LogP contribution >= 0.6 is 0 Å². The van der Waals surface area contributed by atoms with Gasteiger partial charge in [0.1, 0.15) is 0 Å². The molecule has 0 aromatic carbocycles. The molecule has 0 radical (unpaired) electrons. The highest BCUT2D eigenvalue weighted by molar-refractivity contribution is 4.74. The van der Waals surface area contributed by atoms with E-state index in [1.807, 2.05) is 0 Å². The van der Waals surface area contributed by atoms with Crippen molar-refractivity contribution in [3.63, 3.8) is 0 Å². The molecule has 1 saturated heterocycles. The Labute approximate surface area is 82.9 Å². The van der Waals surface area contributed by atoms with E-state index in [1.54, 1.807) is 0 Å². The van der Waals surface area contributed by atoms with Crippen LogP contribution in [0.4, 0.5) is 0 Å². The summed E-state index contributed by atoms with van der Waals surface area (Å²) < 4.78 is 0. The van der Waals surface area contributed by atoms with Gasteiger partial charge in [-0.25, -0.2) is 0 Å². The Morgan fingerprint density at radius 1 is 1.23 bits per heavy atom. The first-order chi connectivity index (χ1) is 6.26. The second kappa shape index (κ2) is 5.61. The van der Waals surface area contributed by atoms with Gasteiger partial charge in [-0.2, -0.15) is 0 Å². The van der Waals surface area contributed by atoms with Gasteiger partial charge in [0.2, 0.25) is 0 Å². The topological polar surface area (TPSA) is 6.48 Å². The molecule has 1 rings (SSSR count). The zero-order valence-corrected chi connectivity index (χ0v) is 9.13. The first-order valence-corrected chi connectivity index (χ1v) is 5.54. The van der Waals surface area contributed by atoms with E-state index in [0.717, 1.165) is 5.92 Å². The van der Waals surface area contributed by atoms with Crippen molar-refractivity contribution in [1.82, 2.24) is 9.80 Å². The third-order valence-corrected chi connectivity index (χ3v) is 3.12. The lowest BCUT2D eigenvalue weighted by molar-refractivity contribution is 0.178. The minimum Gasteiger partial charge on any atom is -0.459 e. The zero-order chi connectivity index (χ0) is 9.68. The molecule has 0 N–H and O–H groups in total. The molecule has 0 aromatic rings. The molecule has 1 fully saturated rings. The molecule has 0 aliphatic carbocycles. The maximum absolute atomic E-state index is 3.97. The van der Waals surface area contributed by atoms with E-state index in [1.165, 1.54) is 45.6 Å². The third-order valence-electron chi connectivity index (χ3n) is 3.12. The SMILES string of the molecule is [CH2-]N1CCC(CN(CC)CC)CC1. The Balaban J connectivity index is 2.21. The largest absolute Gasteiger partial charge is 0.459 e. The van der Waals surface area contributed by atoms with E-state index < -0.39 is 0 Å². The molecule has 2 heteroatoms. The minimum absolute atomic E-state index is 0.915. The Morgan fingerprint density at radius 2 is 1.77 bits per heavy atom. The Morgan fingerprint density at radius 3 is 2.23 bits per heavy atom. The average Bonchev–Trinajstić information content (AvgIpc) is 2.17. The molecule has 0 saturated carbocycles. The lowest BCUT2D eigenvalue weighted by Crippen LogP contribution is -2.36. The first-order valence-electron chi connectivity index (χ1n) is 5.54. The molecular weight excluding hydrogens is 160 g/mol. The summed E-state index contributed by atoms with van der Waals surface area (Å²) in [6.45, 7) is 10.6. The van der Waals surface area contributed by atoms with E-state index in [2.05, 4.69) is 30.7 Å². The van der Waals surface area contributed by atoms with Crippen molar-refractivity contribution in [2.45, 2.75) is 26.7 Å². The molecule has 1 aliphatic heterocycles. The predicted octanol–water partition coefficient (Wildman–Crippen LogP) is 1.83. The van der Waals surface area contributed by atoms with E-state index in [0.29, 0.717) is 0 Å². The van der Waals surface area contributed by atoms with E-state index >= 15 is 0 Å². The number of rotatable bonds is 4. The number of hydrogen-bond acceptors (Lipinski definition) is 2. The fourth-order valence-corrected chi connectivity index (χ4v) is 2.02. The molecule has 0 atom stereocenters. The molecule has 78 valence electrons. The van der Waals surface area contributed by atoms with Gasteiger partial charge >= 0.3 is 0 Å². The van der Waals surface area contributed by atoms with Gasteiger partial charge in [0.15, 0.2) is 0 Å². The number of nitrogens with zero attached hydrogens (tertiary/aromatic N) is 2. The van der Waals surface area contributed by atoms with Gasteiger partial charge in [-0.05, 0) is 44.9 Å². The second-order valence-corrected chi connectivity index (χ2v) is 4.05. The van der Waals surface area contributed by atoms with Crippen LogP contribution in [0.15, 0.2) is 0 Å². The summed E-state index contributed by atoms with van der Waals surface area (Å²) in [6.07, 6.45) is 2.67. The van der Waals surface area contributed by atoms with Gasteiger partial charge < -0.3 is 9.80 Å². The van der Waals surface area contributed by atoms with Crippen molar-refractivity contribution in [2.24, 2.45) is 5.92 Å². The van der Waals surface area contributed by atoms with E-state index in [-0.39, 0.29) is 0 Å². The predicted molar refractivity (Wildman–Crippen MR) is 57.4 cm³/mol. The lowest BCUT2D eigenvalue weighted by atomic mass is 9.96. The van der Waals surface area contributed by atoms with Crippen LogP contribution in [-0.2, 0) is 0 Å². The van der Waals surface area contributed by atoms with Crippen LogP contribution in [0.3, 0.4) is 0 Å². The zero-order valence-electron chi connectivity index (χ0n) is 9.13. The lowest BCUT2D eigenvalue weighted by Gasteiger charge is -2.36.